The van der Waals surface area contributed by atoms with Crippen LogP contribution in [0.15, 0.2) is 54.7 Å². The zero-order valence-electron chi connectivity index (χ0n) is 11.8. The summed E-state index contributed by atoms with van der Waals surface area (Å²) in [6.45, 7) is 1.03. The Kier molecular flexibility index (Phi) is 4.28. The molecular formula is C18H18ClNO. The van der Waals surface area contributed by atoms with Crippen molar-refractivity contribution in [3.8, 4) is 0 Å². The number of hydrogen-bond donors (Lipinski definition) is 1. The monoisotopic (exact) mass is 299 g/mol. The molecule has 108 valence electrons. The molecule has 0 saturated carbocycles. The molecule has 2 aromatic carbocycles. The first-order valence-electron chi connectivity index (χ1n) is 7.20. The number of aromatic nitrogens is 1. The number of aliphatic hydroxyl groups is 1. The van der Waals surface area contributed by atoms with Crippen LogP contribution in [0.25, 0.3) is 10.9 Å². The van der Waals surface area contributed by atoms with Gasteiger partial charge in [-0.15, -0.1) is 0 Å². The van der Waals surface area contributed by atoms with Gasteiger partial charge in [0.2, 0.25) is 0 Å². The fraction of sp³-hybridized carbons (Fsp3) is 0.222. The second kappa shape index (κ2) is 6.33. The van der Waals surface area contributed by atoms with Gasteiger partial charge in [0.15, 0.2) is 0 Å². The van der Waals surface area contributed by atoms with E-state index in [4.69, 9.17) is 16.7 Å². The molecule has 0 saturated heterocycles. The van der Waals surface area contributed by atoms with E-state index in [-0.39, 0.29) is 6.61 Å². The average molecular weight is 300 g/mol. The minimum Gasteiger partial charge on any atom is -0.396 e. The fourth-order valence-electron chi connectivity index (χ4n) is 2.76. The molecule has 1 aromatic heterocycles. The van der Waals surface area contributed by atoms with Crippen LogP contribution in [0.3, 0.4) is 0 Å². The molecule has 0 aliphatic heterocycles. The second-order valence-electron chi connectivity index (χ2n) is 5.23. The van der Waals surface area contributed by atoms with E-state index in [1.165, 1.54) is 11.1 Å². The van der Waals surface area contributed by atoms with Crippen LogP contribution in [0.5, 0.6) is 0 Å². The van der Waals surface area contributed by atoms with Crippen LogP contribution in [-0.2, 0) is 13.0 Å². The predicted molar refractivity (Wildman–Crippen MR) is 87.9 cm³/mol. The Balaban J connectivity index is 2.04. The Bertz CT molecular complexity index is 734. The van der Waals surface area contributed by atoms with E-state index >= 15 is 0 Å². The van der Waals surface area contributed by atoms with Gasteiger partial charge in [-0.25, -0.2) is 0 Å². The van der Waals surface area contributed by atoms with Crippen LogP contribution in [0, 0.1) is 0 Å². The normalized spacial score (nSPS) is 11.1. The molecule has 0 unspecified atom stereocenters. The summed E-state index contributed by atoms with van der Waals surface area (Å²) in [7, 11) is 0. The third-order valence-electron chi connectivity index (χ3n) is 3.73. The van der Waals surface area contributed by atoms with Crippen LogP contribution >= 0.6 is 11.6 Å². The van der Waals surface area contributed by atoms with Gasteiger partial charge < -0.3 is 9.67 Å². The van der Waals surface area contributed by atoms with Crippen LogP contribution in [0.1, 0.15) is 17.5 Å². The molecule has 1 heterocycles. The minimum atomic E-state index is 0.204. The van der Waals surface area contributed by atoms with E-state index in [0.717, 1.165) is 35.3 Å². The van der Waals surface area contributed by atoms with E-state index in [1.54, 1.807) is 0 Å². The third-order valence-corrected chi connectivity index (χ3v) is 4.05. The fourth-order valence-corrected chi connectivity index (χ4v) is 3.05. The number of aliphatic hydroxyl groups excluding tert-OH is 1. The maximum atomic E-state index is 9.07. The number of rotatable bonds is 5. The Morgan fingerprint density at radius 3 is 2.57 bits per heavy atom. The largest absolute Gasteiger partial charge is 0.396 e. The van der Waals surface area contributed by atoms with Crippen molar-refractivity contribution in [1.29, 1.82) is 0 Å². The number of benzene rings is 2. The van der Waals surface area contributed by atoms with Crippen molar-refractivity contribution >= 4 is 22.5 Å². The van der Waals surface area contributed by atoms with Gasteiger partial charge in [-0.05, 0) is 36.1 Å². The van der Waals surface area contributed by atoms with Gasteiger partial charge in [0.25, 0.3) is 0 Å². The summed E-state index contributed by atoms with van der Waals surface area (Å²) < 4.78 is 2.24. The highest BCUT2D eigenvalue weighted by atomic mass is 35.5. The maximum Gasteiger partial charge on any atom is 0.0502 e. The molecule has 21 heavy (non-hydrogen) atoms. The van der Waals surface area contributed by atoms with Gasteiger partial charge in [-0.1, -0.05) is 48.0 Å². The van der Waals surface area contributed by atoms with E-state index in [9.17, 15) is 0 Å². The first kappa shape index (κ1) is 14.2. The molecule has 3 aromatic rings. The number of aryl methyl sites for hydroxylation is 1. The van der Waals surface area contributed by atoms with Gasteiger partial charge in [0.05, 0.1) is 10.5 Å². The van der Waals surface area contributed by atoms with Crippen LogP contribution in [0.2, 0.25) is 5.02 Å². The van der Waals surface area contributed by atoms with Crippen molar-refractivity contribution < 1.29 is 5.11 Å². The molecule has 0 fully saturated rings. The number of fused-ring (bicyclic) bond motifs is 1. The van der Waals surface area contributed by atoms with Gasteiger partial charge in [-0.2, -0.15) is 0 Å². The number of hydrogen-bond acceptors (Lipinski definition) is 1. The first-order chi connectivity index (χ1) is 10.3. The Morgan fingerprint density at radius 2 is 1.81 bits per heavy atom. The summed E-state index contributed by atoms with van der Waals surface area (Å²) in [5.41, 5.74) is 3.63. The van der Waals surface area contributed by atoms with Crippen molar-refractivity contribution in [1.82, 2.24) is 4.57 Å². The topological polar surface area (TPSA) is 25.2 Å². The molecule has 0 radical (unpaired) electrons. The molecule has 0 spiro atoms. The second-order valence-corrected chi connectivity index (χ2v) is 5.64. The number of nitrogens with zero attached hydrogens (tertiary/aromatic N) is 1. The molecular weight excluding hydrogens is 282 g/mol. The molecule has 0 aliphatic carbocycles. The Labute approximate surface area is 129 Å². The summed E-state index contributed by atoms with van der Waals surface area (Å²) in [6.07, 6.45) is 3.77. The summed E-state index contributed by atoms with van der Waals surface area (Å²) in [5, 5.41) is 11.0. The third kappa shape index (κ3) is 2.97. The predicted octanol–water partition coefficient (Wildman–Crippen LogP) is 4.27. The van der Waals surface area contributed by atoms with E-state index in [2.05, 4.69) is 41.1 Å². The molecule has 0 amide bonds. The van der Waals surface area contributed by atoms with Gasteiger partial charge in [0, 0.05) is 24.7 Å². The van der Waals surface area contributed by atoms with Crippen LogP contribution in [0.4, 0.5) is 0 Å². The molecule has 3 heteroatoms. The molecule has 0 atom stereocenters. The molecule has 3 rings (SSSR count). The lowest BCUT2D eigenvalue weighted by Gasteiger charge is -2.05. The molecule has 0 aliphatic rings. The van der Waals surface area contributed by atoms with Gasteiger partial charge in [-0.3, -0.25) is 0 Å². The average Bonchev–Trinajstić information content (AvgIpc) is 2.86. The SMILES string of the molecule is OCCCc1cn(Cc2ccccc2)c2cccc(Cl)c12. The van der Waals surface area contributed by atoms with Crippen LogP contribution in [-0.4, -0.2) is 16.3 Å². The van der Waals surface area contributed by atoms with E-state index < -0.39 is 0 Å². The van der Waals surface area contributed by atoms with Gasteiger partial charge >= 0.3 is 0 Å². The van der Waals surface area contributed by atoms with Crippen molar-refractivity contribution in [2.75, 3.05) is 6.61 Å². The summed E-state index contributed by atoms with van der Waals surface area (Å²) in [6, 6.07) is 16.4. The highest BCUT2D eigenvalue weighted by molar-refractivity contribution is 6.35. The zero-order chi connectivity index (χ0) is 14.7. The lowest BCUT2D eigenvalue weighted by atomic mass is 10.1. The van der Waals surface area contributed by atoms with Crippen molar-refractivity contribution in [2.45, 2.75) is 19.4 Å². The smallest absolute Gasteiger partial charge is 0.0502 e. The Morgan fingerprint density at radius 1 is 1.00 bits per heavy atom. The van der Waals surface area contributed by atoms with Gasteiger partial charge in [0.1, 0.15) is 0 Å². The summed E-state index contributed by atoms with van der Waals surface area (Å²) in [4.78, 5) is 0. The first-order valence-corrected chi connectivity index (χ1v) is 7.58. The highest BCUT2D eigenvalue weighted by Crippen LogP contribution is 2.30. The Hall–Kier alpha value is -1.77. The zero-order valence-corrected chi connectivity index (χ0v) is 12.6. The molecule has 1 N–H and O–H groups in total. The van der Waals surface area contributed by atoms with Crippen molar-refractivity contribution in [2.24, 2.45) is 0 Å². The molecule has 0 bridgehead atoms. The van der Waals surface area contributed by atoms with Crippen LogP contribution < -0.4 is 0 Å². The highest BCUT2D eigenvalue weighted by Gasteiger charge is 2.11. The van der Waals surface area contributed by atoms with E-state index in [0.29, 0.717) is 0 Å². The van der Waals surface area contributed by atoms with Crippen molar-refractivity contribution in [3.63, 3.8) is 0 Å². The summed E-state index contributed by atoms with van der Waals surface area (Å²) >= 11 is 6.38. The number of halogens is 1. The van der Waals surface area contributed by atoms with Crippen molar-refractivity contribution in [3.05, 3.63) is 70.9 Å². The lowest BCUT2D eigenvalue weighted by Crippen LogP contribution is -1.97. The quantitative estimate of drug-likeness (QED) is 0.748. The minimum absolute atomic E-state index is 0.204. The standard InChI is InChI=1S/C18H18ClNO/c19-16-9-4-10-17-18(16)15(8-5-11-21)13-20(17)12-14-6-2-1-3-7-14/h1-4,6-7,9-10,13,21H,5,8,11-12H2. The van der Waals surface area contributed by atoms with E-state index in [1.807, 2.05) is 18.2 Å². The summed E-state index contributed by atoms with van der Waals surface area (Å²) in [5.74, 6) is 0. The molecule has 2 nitrogen and oxygen atoms in total. The maximum absolute atomic E-state index is 9.07. The lowest BCUT2D eigenvalue weighted by molar-refractivity contribution is 0.288.